The molecule has 2 aliphatic heterocycles. The molecule has 0 N–H and O–H groups in total. The van der Waals surface area contributed by atoms with Crippen LogP contribution >= 0.6 is 12.2 Å². The number of hydrogen-bond donors (Lipinski definition) is 0. The standard InChI is InChI=1S/C27H36N4S/c28-20-21-12-14-23(15-13-21)31-25(29-22-10-4-1-5-11-22)24(30-18-8-3-9-19-30)27(26(31)32)16-6-2-7-17-27/h12-15,22,24H,1-11,16-19H2. The van der Waals surface area contributed by atoms with E-state index in [1.54, 1.807) is 0 Å². The highest BCUT2D eigenvalue weighted by molar-refractivity contribution is 7.80. The molecule has 0 radical (unpaired) electrons. The average molecular weight is 449 g/mol. The molecule has 5 rings (SSSR count). The third kappa shape index (κ3) is 4.01. The van der Waals surface area contributed by atoms with Gasteiger partial charge < -0.3 is 0 Å². The number of thiocarbonyl (C=S) groups is 1. The van der Waals surface area contributed by atoms with E-state index in [0.29, 0.717) is 17.6 Å². The van der Waals surface area contributed by atoms with Gasteiger partial charge in [0.05, 0.1) is 28.7 Å². The highest BCUT2D eigenvalue weighted by Crippen LogP contribution is 2.50. The van der Waals surface area contributed by atoms with E-state index >= 15 is 0 Å². The van der Waals surface area contributed by atoms with Crippen molar-refractivity contribution >= 4 is 28.7 Å². The smallest absolute Gasteiger partial charge is 0.127 e. The summed E-state index contributed by atoms with van der Waals surface area (Å²) in [6.45, 7) is 2.33. The van der Waals surface area contributed by atoms with Crippen LogP contribution in [0.25, 0.3) is 0 Å². The molecule has 1 atom stereocenters. The Labute approximate surface area is 198 Å². The summed E-state index contributed by atoms with van der Waals surface area (Å²) in [4.78, 5) is 11.7. The van der Waals surface area contributed by atoms with Crippen LogP contribution in [0.2, 0.25) is 0 Å². The van der Waals surface area contributed by atoms with E-state index in [0.717, 1.165) is 10.7 Å². The van der Waals surface area contributed by atoms with Gasteiger partial charge in [-0.05, 0) is 75.9 Å². The Morgan fingerprint density at radius 3 is 2.16 bits per heavy atom. The molecular formula is C27H36N4S. The van der Waals surface area contributed by atoms with Crippen LogP contribution in [0.4, 0.5) is 5.69 Å². The summed E-state index contributed by atoms with van der Waals surface area (Å²) in [7, 11) is 0. The normalized spacial score (nSPS) is 28.3. The Morgan fingerprint density at radius 1 is 0.875 bits per heavy atom. The monoisotopic (exact) mass is 448 g/mol. The van der Waals surface area contributed by atoms with Crippen molar-refractivity contribution in [2.24, 2.45) is 10.4 Å². The lowest BCUT2D eigenvalue weighted by Gasteiger charge is -2.44. The Kier molecular flexibility index (Phi) is 6.62. The van der Waals surface area contributed by atoms with E-state index in [1.165, 1.54) is 102 Å². The van der Waals surface area contributed by atoms with Crippen LogP contribution in [0, 0.1) is 16.7 Å². The van der Waals surface area contributed by atoms with Gasteiger partial charge in [0.25, 0.3) is 0 Å². The van der Waals surface area contributed by atoms with Crippen molar-refractivity contribution in [2.75, 3.05) is 18.0 Å². The first-order valence-electron chi connectivity index (χ1n) is 12.9. The fraction of sp³-hybridized carbons (Fsp3) is 0.667. The van der Waals surface area contributed by atoms with Gasteiger partial charge in [-0.25, -0.2) is 0 Å². The third-order valence-corrected chi connectivity index (χ3v) is 8.86. The van der Waals surface area contributed by atoms with Crippen molar-refractivity contribution in [1.29, 1.82) is 5.26 Å². The molecule has 2 heterocycles. The maximum absolute atomic E-state index is 9.31. The molecule has 170 valence electrons. The molecular weight excluding hydrogens is 412 g/mol. The lowest BCUT2D eigenvalue weighted by Crippen LogP contribution is -2.52. The molecule has 1 unspecified atom stereocenters. The molecule has 0 amide bonds. The zero-order chi connectivity index (χ0) is 22.0. The second-order valence-corrected chi connectivity index (χ2v) is 10.7. The van der Waals surface area contributed by atoms with Crippen LogP contribution < -0.4 is 4.90 Å². The number of amidine groups is 1. The lowest BCUT2D eigenvalue weighted by atomic mass is 9.69. The summed E-state index contributed by atoms with van der Waals surface area (Å²) < 4.78 is 0. The molecule has 2 saturated heterocycles. The van der Waals surface area contributed by atoms with E-state index in [4.69, 9.17) is 17.2 Å². The zero-order valence-electron chi connectivity index (χ0n) is 19.3. The average Bonchev–Trinajstić information content (AvgIpc) is 3.07. The second-order valence-electron chi connectivity index (χ2n) is 10.3. The minimum atomic E-state index is 0.0341. The number of aliphatic imine (C=N–C) groups is 1. The van der Waals surface area contributed by atoms with Gasteiger partial charge in [0.2, 0.25) is 0 Å². The van der Waals surface area contributed by atoms with Gasteiger partial charge in [-0.15, -0.1) is 0 Å². The predicted octanol–water partition coefficient (Wildman–Crippen LogP) is 6.24. The van der Waals surface area contributed by atoms with Crippen LogP contribution in [0.5, 0.6) is 0 Å². The number of hydrogen-bond acceptors (Lipinski definition) is 4. The minimum absolute atomic E-state index is 0.0341. The lowest BCUT2D eigenvalue weighted by molar-refractivity contribution is 0.112. The molecule has 5 heteroatoms. The van der Waals surface area contributed by atoms with Gasteiger partial charge in [0, 0.05) is 11.1 Å². The van der Waals surface area contributed by atoms with E-state index in [-0.39, 0.29) is 5.41 Å². The molecule has 0 aromatic heterocycles. The first-order chi connectivity index (χ1) is 15.7. The second kappa shape index (κ2) is 9.61. The van der Waals surface area contributed by atoms with Crippen LogP contribution in [0.3, 0.4) is 0 Å². The van der Waals surface area contributed by atoms with Crippen LogP contribution in [0.1, 0.15) is 89.0 Å². The largest absolute Gasteiger partial charge is 0.293 e. The van der Waals surface area contributed by atoms with Gasteiger partial charge in [-0.3, -0.25) is 14.8 Å². The molecule has 1 aromatic carbocycles. The van der Waals surface area contributed by atoms with Crippen molar-refractivity contribution in [1.82, 2.24) is 4.90 Å². The summed E-state index contributed by atoms with van der Waals surface area (Å²) in [5, 5.41) is 9.31. The molecule has 0 bridgehead atoms. The molecule has 2 saturated carbocycles. The molecule has 2 aliphatic carbocycles. The topological polar surface area (TPSA) is 42.6 Å². The fourth-order valence-corrected chi connectivity index (χ4v) is 7.15. The van der Waals surface area contributed by atoms with Gasteiger partial charge >= 0.3 is 0 Å². The van der Waals surface area contributed by atoms with Crippen LogP contribution in [0.15, 0.2) is 29.3 Å². The summed E-state index contributed by atoms with van der Waals surface area (Å²) in [6, 6.07) is 11.0. The summed E-state index contributed by atoms with van der Waals surface area (Å²) >= 11 is 6.36. The van der Waals surface area contributed by atoms with Gasteiger partial charge in [0.15, 0.2) is 0 Å². The van der Waals surface area contributed by atoms with Crippen molar-refractivity contribution < 1.29 is 0 Å². The molecule has 4 nitrogen and oxygen atoms in total. The molecule has 4 fully saturated rings. The number of likely N-dealkylation sites (tertiary alicyclic amines) is 1. The predicted molar refractivity (Wildman–Crippen MR) is 135 cm³/mol. The van der Waals surface area contributed by atoms with E-state index in [1.807, 2.05) is 12.1 Å². The zero-order valence-corrected chi connectivity index (χ0v) is 20.1. The maximum atomic E-state index is 9.31. The maximum Gasteiger partial charge on any atom is 0.127 e. The Morgan fingerprint density at radius 2 is 1.50 bits per heavy atom. The number of benzene rings is 1. The van der Waals surface area contributed by atoms with Crippen molar-refractivity contribution in [3.63, 3.8) is 0 Å². The Hall–Kier alpha value is -1.77. The van der Waals surface area contributed by atoms with Crippen molar-refractivity contribution in [3.8, 4) is 6.07 Å². The molecule has 1 spiro atoms. The molecule has 1 aromatic rings. The Balaban J connectivity index is 1.61. The van der Waals surface area contributed by atoms with E-state index in [9.17, 15) is 5.26 Å². The highest BCUT2D eigenvalue weighted by atomic mass is 32.1. The number of piperidine rings is 1. The highest BCUT2D eigenvalue weighted by Gasteiger charge is 2.57. The SMILES string of the molecule is N#Cc1ccc(N2C(=S)C3(CCCCC3)C(N3CCCCC3)C2=NC2CCCCC2)cc1. The summed E-state index contributed by atoms with van der Waals surface area (Å²) in [5.41, 5.74) is 1.82. The van der Waals surface area contributed by atoms with Gasteiger partial charge in [-0.2, -0.15) is 5.26 Å². The van der Waals surface area contributed by atoms with E-state index < -0.39 is 0 Å². The number of anilines is 1. The summed E-state index contributed by atoms with van der Waals surface area (Å²) in [5.74, 6) is 1.22. The molecule has 32 heavy (non-hydrogen) atoms. The number of nitriles is 1. The fourth-order valence-electron chi connectivity index (χ4n) is 6.63. The minimum Gasteiger partial charge on any atom is -0.293 e. The van der Waals surface area contributed by atoms with Gasteiger partial charge in [0.1, 0.15) is 5.84 Å². The van der Waals surface area contributed by atoms with Gasteiger partial charge in [-0.1, -0.05) is 57.2 Å². The van der Waals surface area contributed by atoms with E-state index in [2.05, 4.69) is 28.0 Å². The molecule has 4 aliphatic rings. The van der Waals surface area contributed by atoms with Crippen molar-refractivity contribution in [2.45, 2.75) is 95.6 Å². The summed E-state index contributed by atoms with van der Waals surface area (Å²) in [6.07, 6.45) is 16.5. The first kappa shape index (κ1) is 22.0. The number of rotatable bonds is 3. The first-order valence-corrected chi connectivity index (χ1v) is 13.3. The Bertz CT molecular complexity index is 881. The van der Waals surface area contributed by atoms with Crippen LogP contribution in [-0.4, -0.2) is 40.9 Å². The third-order valence-electron chi connectivity index (χ3n) is 8.27. The number of nitrogens with zero attached hydrogens (tertiary/aromatic N) is 4. The quantitative estimate of drug-likeness (QED) is 0.513. The van der Waals surface area contributed by atoms with Crippen molar-refractivity contribution in [3.05, 3.63) is 29.8 Å². The van der Waals surface area contributed by atoms with Crippen LogP contribution in [-0.2, 0) is 0 Å².